The number of hydrogen-bond acceptors (Lipinski definition) is 7. The van der Waals surface area contributed by atoms with Crippen LogP contribution < -0.4 is 24.2 Å². The second kappa shape index (κ2) is 9.13. The lowest BCUT2D eigenvalue weighted by molar-refractivity contribution is -0.126. The number of fused-ring (bicyclic) bond motifs is 1. The molecular formula is C26H23ClN2O6. The summed E-state index contributed by atoms with van der Waals surface area (Å²) in [4.78, 5) is 34.6. The number of ether oxygens (including phenoxy) is 3. The predicted octanol–water partition coefficient (Wildman–Crippen LogP) is 4.42. The molecule has 35 heavy (non-hydrogen) atoms. The molecule has 2 heterocycles. The maximum atomic E-state index is 13.8. The van der Waals surface area contributed by atoms with Gasteiger partial charge in [0.25, 0.3) is 5.91 Å². The number of hydrogen-bond donors (Lipinski definition) is 0. The minimum atomic E-state index is -1.02. The Hall–Kier alpha value is -3.75. The number of nitrogens with zero attached hydrogens (tertiary/aromatic N) is 2. The van der Waals surface area contributed by atoms with E-state index in [1.165, 1.54) is 21.3 Å². The first-order valence-electron chi connectivity index (χ1n) is 10.9. The average Bonchev–Trinajstić information content (AvgIpc) is 3.39. The summed E-state index contributed by atoms with van der Waals surface area (Å²) in [7, 11) is 4.59. The van der Waals surface area contributed by atoms with Gasteiger partial charge in [-0.2, -0.15) is 0 Å². The van der Waals surface area contributed by atoms with Crippen LogP contribution in [0.5, 0.6) is 17.2 Å². The first-order chi connectivity index (χ1) is 17.0. The Kier molecular flexibility index (Phi) is 6.00. The van der Waals surface area contributed by atoms with E-state index in [-0.39, 0.29) is 5.91 Å². The van der Waals surface area contributed by atoms with E-state index >= 15 is 0 Å². The van der Waals surface area contributed by atoms with Gasteiger partial charge in [-0.1, -0.05) is 35.9 Å². The SMILES string of the molecule is COc1cc(OC)c([C@H]2[C@@H]3C(=O)N(c4cccc(Cl)c4)C(=O)[C@H]3ON2c2ccccc2)cc1OC. The molecule has 2 aliphatic rings. The number of para-hydroxylation sites is 1. The van der Waals surface area contributed by atoms with Crippen molar-refractivity contribution in [3.8, 4) is 17.2 Å². The largest absolute Gasteiger partial charge is 0.496 e. The molecule has 2 aliphatic heterocycles. The molecular weight excluding hydrogens is 472 g/mol. The molecule has 2 amide bonds. The number of carbonyl (C=O) groups is 2. The monoisotopic (exact) mass is 494 g/mol. The highest BCUT2D eigenvalue weighted by Gasteiger charge is 2.61. The molecule has 5 rings (SSSR count). The third-order valence-corrected chi connectivity index (χ3v) is 6.48. The molecule has 180 valence electrons. The molecule has 0 aliphatic carbocycles. The van der Waals surface area contributed by atoms with Crippen LogP contribution in [-0.4, -0.2) is 39.2 Å². The topological polar surface area (TPSA) is 77.5 Å². The van der Waals surface area contributed by atoms with Crippen LogP contribution >= 0.6 is 11.6 Å². The van der Waals surface area contributed by atoms with Crippen molar-refractivity contribution in [2.45, 2.75) is 12.1 Å². The molecule has 2 saturated heterocycles. The number of benzene rings is 3. The van der Waals surface area contributed by atoms with Crippen molar-refractivity contribution in [2.75, 3.05) is 31.3 Å². The second-order valence-corrected chi connectivity index (χ2v) is 8.54. The number of hydroxylamine groups is 1. The van der Waals surface area contributed by atoms with Gasteiger partial charge in [-0.05, 0) is 36.4 Å². The van der Waals surface area contributed by atoms with Crippen LogP contribution in [0.1, 0.15) is 11.6 Å². The lowest BCUT2D eigenvalue weighted by Gasteiger charge is -2.30. The van der Waals surface area contributed by atoms with Gasteiger partial charge < -0.3 is 14.2 Å². The lowest BCUT2D eigenvalue weighted by Crippen LogP contribution is -2.37. The molecule has 0 radical (unpaired) electrons. The van der Waals surface area contributed by atoms with Gasteiger partial charge >= 0.3 is 0 Å². The molecule has 3 aromatic rings. The van der Waals surface area contributed by atoms with Gasteiger partial charge in [0.2, 0.25) is 5.91 Å². The number of halogens is 1. The van der Waals surface area contributed by atoms with E-state index in [9.17, 15) is 9.59 Å². The molecule has 0 unspecified atom stereocenters. The first-order valence-corrected chi connectivity index (χ1v) is 11.3. The Balaban J connectivity index is 1.66. The highest BCUT2D eigenvalue weighted by atomic mass is 35.5. The lowest BCUT2D eigenvalue weighted by atomic mass is 9.89. The highest BCUT2D eigenvalue weighted by Crippen LogP contribution is 2.51. The first kappa shape index (κ1) is 23.0. The van der Waals surface area contributed by atoms with Crippen molar-refractivity contribution < 1.29 is 28.6 Å². The fraction of sp³-hybridized carbons (Fsp3) is 0.231. The summed E-state index contributed by atoms with van der Waals surface area (Å²) in [5.41, 5.74) is 1.71. The van der Waals surface area contributed by atoms with E-state index in [0.29, 0.717) is 39.2 Å². The van der Waals surface area contributed by atoms with Gasteiger partial charge in [-0.3, -0.25) is 14.4 Å². The Morgan fingerprint density at radius 2 is 1.43 bits per heavy atom. The van der Waals surface area contributed by atoms with Crippen molar-refractivity contribution in [1.29, 1.82) is 0 Å². The fourth-order valence-electron chi connectivity index (χ4n) is 4.68. The highest BCUT2D eigenvalue weighted by molar-refractivity contribution is 6.31. The second-order valence-electron chi connectivity index (χ2n) is 8.10. The predicted molar refractivity (Wildman–Crippen MR) is 130 cm³/mol. The number of anilines is 2. The minimum absolute atomic E-state index is 0.387. The molecule has 0 spiro atoms. The molecule has 0 N–H and O–H groups in total. The van der Waals surface area contributed by atoms with Gasteiger partial charge in [-0.25, -0.2) is 9.96 Å². The molecule has 3 aromatic carbocycles. The third kappa shape index (κ3) is 3.75. The molecule has 0 aromatic heterocycles. The summed E-state index contributed by atoms with van der Waals surface area (Å²) in [6, 6.07) is 18.7. The maximum absolute atomic E-state index is 13.8. The number of carbonyl (C=O) groups excluding carboxylic acids is 2. The summed E-state index contributed by atoms with van der Waals surface area (Å²) in [6.07, 6.45) is -1.02. The number of amides is 2. The zero-order valence-corrected chi connectivity index (χ0v) is 20.1. The van der Waals surface area contributed by atoms with E-state index in [1.54, 1.807) is 41.5 Å². The van der Waals surface area contributed by atoms with Gasteiger partial charge in [0, 0.05) is 16.7 Å². The summed E-state index contributed by atoms with van der Waals surface area (Å²) in [5, 5.41) is 2.02. The van der Waals surface area contributed by atoms with Crippen LogP contribution in [0, 0.1) is 5.92 Å². The molecule has 9 heteroatoms. The average molecular weight is 495 g/mol. The molecule has 0 bridgehead atoms. The van der Waals surface area contributed by atoms with Crippen LogP contribution in [-0.2, 0) is 14.4 Å². The molecule has 0 saturated carbocycles. The van der Waals surface area contributed by atoms with E-state index in [0.717, 1.165) is 4.90 Å². The van der Waals surface area contributed by atoms with Gasteiger partial charge in [-0.15, -0.1) is 0 Å². The van der Waals surface area contributed by atoms with Crippen molar-refractivity contribution in [1.82, 2.24) is 0 Å². The number of rotatable bonds is 6. The molecule has 2 fully saturated rings. The van der Waals surface area contributed by atoms with Gasteiger partial charge in [0.15, 0.2) is 17.6 Å². The van der Waals surface area contributed by atoms with Crippen molar-refractivity contribution in [3.63, 3.8) is 0 Å². The molecule has 3 atom stereocenters. The van der Waals surface area contributed by atoms with E-state index in [1.807, 2.05) is 30.3 Å². The Bertz CT molecular complexity index is 1280. The van der Waals surface area contributed by atoms with E-state index in [2.05, 4.69) is 0 Å². The standard InChI is InChI=1S/C26H23ClN2O6/c1-32-19-14-21(34-3)20(33-2)13-18(19)23-22-24(35-29(23)16-9-5-4-6-10-16)26(31)28(25(22)30)17-11-7-8-15(27)12-17/h4-14,22-24H,1-3H3/t22-,23-,24-/m0/s1. The minimum Gasteiger partial charge on any atom is -0.496 e. The zero-order chi connectivity index (χ0) is 24.7. The van der Waals surface area contributed by atoms with Gasteiger partial charge in [0.1, 0.15) is 17.7 Å². The Morgan fingerprint density at radius 3 is 2.09 bits per heavy atom. The Labute approximate surface area is 207 Å². The fourth-order valence-corrected chi connectivity index (χ4v) is 4.87. The van der Waals surface area contributed by atoms with Gasteiger partial charge in [0.05, 0.1) is 32.7 Å². The van der Waals surface area contributed by atoms with Crippen molar-refractivity contribution in [3.05, 3.63) is 77.3 Å². The third-order valence-electron chi connectivity index (χ3n) is 6.25. The quantitative estimate of drug-likeness (QED) is 0.469. The smallest absolute Gasteiger partial charge is 0.266 e. The normalized spacial score (nSPS) is 21.3. The maximum Gasteiger partial charge on any atom is 0.266 e. The number of imide groups is 1. The van der Waals surface area contributed by atoms with Crippen molar-refractivity contribution >= 4 is 34.8 Å². The summed E-state index contributed by atoms with van der Waals surface area (Å²) < 4.78 is 16.6. The van der Waals surface area contributed by atoms with Crippen LogP contribution in [0.3, 0.4) is 0 Å². The van der Waals surface area contributed by atoms with Crippen LogP contribution in [0.25, 0.3) is 0 Å². The molecule has 8 nitrogen and oxygen atoms in total. The van der Waals surface area contributed by atoms with Crippen LogP contribution in [0.2, 0.25) is 5.02 Å². The zero-order valence-electron chi connectivity index (χ0n) is 19.3. The van der Waals surface area contributed by atoms with Crippen molar-refractivity contribution in [2.24, 2.45) is 5.92 Å². The number of methoxy groups -OCH3 is 3. The summed E-state index contributed by atoms with van der Waals surface area (Å²) in [5.74, 6) is -0.270. The Morgan fingerprint density at radius 1 is 0.771 bits per heavy atom. The van der Waals surface area contributed by atoms with E-state index in [4.69, 9.17) is 30.6 Å². The summed E-state index contributed by atoms with van der Waals surface area (Å²) >= 11 is 6.14. The van der Waals surface area contributed by atoms with Crippen LogP contribution in [0.15, 0.2) is 66.7 Å². The summed E-state index contributed by atoms with van der Waals surface area (Å²) in [6.45, 7) is 0. The van der Waals surface area contributed by atoms with E-state index < -0.39 is 24.0 Å². The van der Waals surface area contributed by atoms with Crippen LogP contribution in [0.4, 0.5) is 11.4 Å².